The maximum Gasteiger partial charge on any atom is 0.347 e. The molecule has 2 aromatic heterocycles. The van der Waals surface area contributed by atoms with Crippen molar-refractivity contribution in [3.8, 4) is 11.5 Å². The number of rotatable bonds is 5. The number of aromatic nitrogens is 2. The van der Waals surface area contributed by atoms with Gasteiger partial charge in [0, 0.05) is 24.8 Å². The monoisotopic (exact) mass is 502 g/mol. The van der Waals surface area contributed by atoms with Gasteiger partial charge in [-0.05, 0) is 48.5 Å². The fraction of sp³-hybridized carbons (Fsp3) is 0. The van der Waals surface area contributed by atoms with Crippen molar-refractivity contribution < 1.29 is 34.1 Å². The minimum absolute atomic E-state index is 0.0253. The number of aromatic carboxylic acids is 1. The largest absolute Gasteiger partial charge is 0.507 e. The van der Waals surface area contributed by atoms with E-state index in [1.54, 1.807) is 54.9 Å². The number of para-hydroxylation sites is 2. The first-order valence-electron chi connectivity index (χ1n) is 10.4. The fourth-order valence-corrected chi connectivity index (χ4v) is 2.55. The fourth-order valence-electron chi connectivity index (χ4n) is 2.55. The van der Waals surface area contributed by atoms with E-state index in [0.717, 1.165) is 0 Å². The van der Waals surface area contributed by atoms with Gasteiger partial charge in [0.2, 0.25) is 11.8 Å². The number of aromatic hydroxyl groups is 1. The van der Waals surface area contributed by atoms with Crippen LogP contribution in [-0.2, 0) is 0 Å². The maximum absolute atomic E-state index is 11.8. The molecule has 0 fully saturated rings. The number of hydrogen-bond donors (Lipinski definition) is 4. The van der Waals surface area contributed by atoms with E-state index >= 15 is 0 Å². The SMILES string of the molecule is NC(=O)c1cccnc1.NC(=O)c1cccnc1.O=C(Oc1ccccc1C(=O)O)c1ccccc1O. The Morgan fingerprint density at radius 2 is 1.16 bits per heavy atom. The zero-order valence-electron chi connectivity index (χ0n) is 19.2. The summed E-state index contributed by atoms with van der Waals surface area (Å²) in [5.74, 6) is -3.18. The highest BCUT2D eigenvalue weighted by Gasteiger charge is 2.17. The first-order chi connectivity index (χ1) is 17.7. The third-order valence-corrected chi connectivity index (χ3v) is 4.34. The Labute approximate surface area is 211 Å². The molecule has 37 heavy (non-hydrogen) atoms. The zero-order valence-corrected chi connectivity index (χ0v) is 19.2. The van der Waals surface area contributed by atoms with Crippen LogP contribution in [0.2, 0.25) is 0 Å². The molecule has 0 aliphatic rings. The third kappa shape index (κ3) is 8.94. The number of benzene rings is 2. The third-order valence-electron chi connectivity index (χ3n) is 4.34. The first-order valence-corrected chi connectivity index (χ1v) is 10.4. The van der Waals surface area contributed by atoms with E-state index in [1.165, 1.54) is 42.7 Å². The molecule has 188 valence electrons. The number of carbonyl (C=O) groups excluding carboxylic acids is 3. The first kappa shape index (κ1) is 27.7. The second-order valence-corrected chi connectivity index (χ2v) is 6.92. The number of nitrogens with zero attached hydrogens (tertiary/aromatic N) is 2. The van der Waals surface area contributed by atoms with Gasteiger partial charge in [-0.1, -0.05) is 24.3 Å². The van der Waals surface area contributed by atoms with E-state index in [1.807, 2.05) is 0 Å². The van der Waals surface area contributed by atoms with Gasteiger partial charge in [-0.25, -0.2) is 9.59 Å². The van der Waals surface area contributed by atoms with Crippen LogP contribution in [0.15, 0.2) is 97.6 Å². The molecule has 0 unspecified atom stereocenters. The number of pyridine rings is 2. The molecule has 11 heteroatoms. The van der Waals surface area contributed by atoms with Crippen LogP contribution in [0, 0.1) is 0 Å². The lowest BCUT2D eigenvalue weighted by Crippen LogP contribution is -2.11. The number of primary amides is 2. The normalized spacial score (nSPS) is 9.41. The van der Waals surface area contributed by atoms with Crippen LogP contribution in [0.25, 0.3) is 0 Å². The van der Waals surface area contributed by atoms with Crippen LogP contribution in [0.3, 0.4) is 0 Å². The lowest BCUT2D eigenvalue weighted by atomic mass is 10.2. The number of phenols is 1. The summed E-state index contributed by atoms with van der Waals surface area (Å²) in [6, 6.07) is 18.2. The summed E-state index contributed by atoms with van der Waals surface area (Å²) in [5, 5.41) is 18.5. The Morgan fingerprint density at radius 3 is 1.57 bits per heavy atom. The van der Waals surface area contributed by atoms with Gasteiger partial charge in [-0.3, -0.25) is 19.6 Å². The van der Waals surface area contributed by atoms with Crippen molar-refractivity contribution >= 4 is 23.8 Å². The number of esters is 1. The molecule has 11 nitrogen and oxygen atoms in total. The molecule has 2 heterocycles. The van der Waals surface area contributed by atoms with Crippen LogP contribution in [-0.4, -0.2) is 43.9 Å². The standard InChI is InChI=1S/C14H10O5.2C6H6N2O/c15-11-7-3-1-5-9(11)14(18)19-12-8-4-2-6-10(12)13(16)17;2*7-6(9)5-2-1-3-8-4-5/h1-8,15H,(H,16,17);2*1-4H,(H2,7,9). The number of nitrogens with two attached hydrogens (primary N) is 2. The van der Waals surface area contributed by atoms with E-state index in [-0.39, 0.29) is 22.6 Å². The van der Waals surface area contributed by atoms with Gasteiger partial charge in [0.15, 0.2) is 0 Å². The van der Waals surface area contributed by atoms with Gasteiger partial charge in [0.1, 0.15) is 22.6 Å². The molecule has 4 rings (SSSR count). The molecule has 0 aliphatic carbocycles. The topological polar surface area (TPSA) is 196 Å². The number of hydrogen-bond acceptors (Lipinski definition) is 8. The predicted octanol–water partition coefficient (Wildman–Crippen LogP) is 2.67. The van der Waals surface area contributed by atoms with Crippen molar-refractivity contribution in [3.05, 3.63) is 120 Å². The molecule has 6 N–H and O–H groups in total. The summed E-state index contributed by atoms with van der Waals surface area (Å²) in [7, 11) is 0. The molecular weight excluding hydrogens is 480 g/mol. The van der Waals surface area contributed by atoms with Crippen LogP contribution in [0.4, 0.5) is 0 Å². The summed E-state index contributed by atoms with van der Waals surface area (Å²) in [6.07, 6.45) is 6.05. The van der Waals surface area contributed by atoms with Crippen molar-refractivity contribution in [2.45, 2.75) is 0 Å². The van der Waals surface area contributed by atoms with Gasteiger partial charge in [0.25, 0.3) is 0 Å². The summed E-state index contributed by atoms with van der Waals surface area (Å²) >= 11 is 0. The Balaban J connectivity index is 0.000000222. The van der Waals surface area contributed by atoms with Gasteiger partial charge in [-0.2, -0.15) is 0 Å². The minimum atomic E-state index is -1.19. The smallest absolute Gasteiger partial charge is 0.347 e. The molecule has 0 atom stereocenters. The van der Waals surface area contributed by atoms with Crippen LogP contribution in [0.5, 0.6) is 11.5 Å². The quantitative estimate of drug-likeness (QED) is 0.234. The molecule has 2 amide bonds. The molecule has 0 aliphatic heterocycles. The van der Waals surface area contributed by atoms with E-state index in [2.05, 4.69) is 9.97 Å². The van der Waals surface area contributed by atoms with Crippen LogP contribution >= 0.6 is 0 Å². The van der Waals surface area contributed by atoms with Crippen molar-refractivity contribution in [2.75, 3.05) is 0 Å². The number of carboxylic acid groups (broad SMARTS) is 1. The highest BCUT2D eigenvalue weighted by molar-refractivity contribution is 5.97. The Bertz CT molecular complexity index is 1310. The van der Waals surface area contributed by atoms with Crippen LogP contribution < -0.4 is 16.2 Å². The number of carboxylic acids is 1. The average molecular weight is 502 g/mol. The van der Waals surface area contributed by atoms with E-state index in [4.69, 9.17) is 21.3 Å². The van der Waals surface area contributed by atoms with Gasteiger partial charge in [-0.15, -0.1) is 0 Å². The van der Waals surface area contributed by atoms with Crippen molar-refractivity contribution in [1.82, 2.24) is 9.97 Å². The molecule has 0 saturated carbocycles. The van der Waals surface area contributed by atoms with Crippen molar-refractivity contribution in [2.24, 2.45) is 11.5 Å². The Hall–Kier alpha value is -5.58. The summed E-state index contributed by atoms with van der Waals surface area (Å²) < 4.78 is 4.99. The van der Waals surface area contributed by atoms with E-state index in [9.17, 15) is 24.3 Å². The number of phenolic OH excluding ortho intramolecular Hbond substituents is 1. The molecule has 0 saturated heterocycles. The molecule has 0 spiro atoms. The molecule has 0 radical (unpaired) electrons. The van der Waals surface area contributed by atoms with Crippen LogP contribution in [0.1, 0.15) is 41.4 Å². The minimum Gasteiger partial charge on any atom is -0.507 e. The lowest BCUT2D eigenvalue weighted by Gasteiger charge is -2.07. The average Bonchev–Trinajstić information content (AvgIpc) is 2.91. The summed E-state index contributed by atoms with van der Waals surface area (Å²) in [6.45, 7) is 0. The summed E-state index contributed by atoms with van der Waals surface area (Å²) in [5.41, 5.74) is 10.6. The number of carbonyl (C=O) groups is 4. The zero-order chi connectivity index (χ0) is 27.2. The maximum atomic E-state index is 11.8. The second-order valence-electron chi connectivity index (χ2n) is 6.92. The Kier molecular flexibility index (Phi) is 10.4. The molecule has 0 bridgehead atoms. The lowest BCUT2D eigenvalue weighted by molar-refractivity contribution is 0.0680. The van der Waals surface area contributed by atoms with Gasteiger partial charge < -0.3 is 26.4 Å². The highest BCUT2D eigenvalue weighted by Crippen LogP contribution is 2.22. The van der Waals surface area contributed by atoms with E-state index < -0.39 is 23.8 Å². The van der Waals surface area contributed by atoms with Gasteiger partial charge >= 0.3 is 11.9 Å². The molecular formula is C26H22N4O7. The van der Waals surface area contributed by atoms with Gasteiger partial charge in [0.05, 0.1) is 11.1 Å². The van der Waals surface area contributed by atoms with Crippen molar-refractivity contribution in [3.63, 3.8) is 0 Å². The molecule has 2 aromatic carbocycles. The summed E-state index contributed by atoms with van der Waals surface area (Å²) in [4.78, 5) is 51.0. The molecule has 4 aromatic rings. The van der Waals surface area contributed by atoms with E-state index in [0.29, 0.717) is 11.1 Å². The highest BCUT2D eigenvalue weighted by atomic mass is 16.5. The second kappa shape index (κ2) is 14.0. The Morgan fingerprint density at radius 1 is 0.676 bits per heavy atom. The predicted molar refractivity (Wildman–Crippen MR) is 132 cm³/mol. The number of ether oxygens (including phenoxy) is 1. The number of amides is 2. The van der Waals surface area contributed by atoms with Crippen molar-refractivity contribution in [1.29, 1.82) is 0 Å².